The Hall–Kier alpha value is -3.09. The molecule has 0 aromatic heterocycles. The van der Waals surface area contributed by atoms with Gasteiger partial charge in [-0.25, -0.2) is 9.79 Å². The van der Waals surface area contributed by atoms with Crippen molar-refractivity contribution in [3.63, 3.8) is 0 Å². The molecule has 0 spiro atoms. The van der Waals surface area contributed by atoms with Crippen LogP contribution in [0.15, 0.2) is 79.2 Å². The number of hydrogen-bond acceptors (Lipinski definition) is 5. The van der Waals surface area contributed by atoms with Crippen LogP contribution in [0.25, 0.3) is 0 Å². The van der Waals surface area contributed by atoms with Crippen LogP contribution in [-0.4, -0.2) is 66.3 Å². The summed E-state index contributed by atoms with van der Waals surface area (Å²) in [5, 5.41) is 12.7. The lowest BCUT2D eigenvalue weighted by atomic mass is 9.94. The predicted molar refractivity (Wildman–Crippen MR) is 199 cm³/mol. The van der Waals surface area contributed by atoms with Crippen LogP contribution in [-0.2, 0) is 4.79 Å². The number of nitrogens with one attached hydrogen (secondary N) is 2. The molecule has 0 saturated heterocycles. The number of allylic oxidation sites excluding steroid dienone is 9. The molecule has 8 nitrogen and oxygen atoms in total. The SMILES string of the molecule is C/C=C1/C=C(N=C(NC(=O)N(C)CC(=N)C(C)CC)N(C=O)CC(=C\CC)/C=C(Cl)\C(P)=C/C)C(CCC)=CC1=NCCC1CC1. The first-order valence-electron chi connectivity index (χ1n) is 16.5. The number of aliphatic imine (C=N–C) groups is 2. The van der Waals surface area contributed by atoms with E-state index in [9.17, 15) is 9.59 Å². The van der Waals surface area contributed by atoms with Gasteiger partial charge in [-0.1, -0.05) is 76.8 Å². The number of hydrogen-bond donors (Lipinski definition) is 2. The number of carbonyl (C=O) groups is 2. The summed E-state index contributed by atoms with van der Waals surface area (Å²) in [5.41, 5.74) is 4.83. The maximum atomic E-state index is 13.5. The van der Waals surface area contributed by atoms with Gasteiger partial charge in [0.1, 0.15) is 0 Å². The molecule has 2 aliphatic carbocycles. The van der Waals surface area contributed by atoms with Crippen LogP contribution in [0.3, 0.4) is 0 Å². The minimum Gasteiger partial charge on any atom is -0.322 e. The van der Waals surface area contributed by atoms with Gasteiger partial charge in [0.15, 0.2) is 0 Å². The van der Waals surface area contributed by atoms with Crippen molar-refractivity contribution in [1.29, 1.82) is 5.41 Å². The van der Waals surface area contributed by atoms with Crippen molar-refractivity contribution in [2.75, 3.05) is 26.7 Å². The third-order valence-corrected chi connectivity index (χ3v) is 9.25. The summed E-state index contributed by atoms with van der Waals surface area (Å²) in [6.45, 7) is 13.1. The largest absolute Gasteiger partial charge is 0.324 e. The van der Waals surface area contributed by atoms with Crippen molar-refractivity contribution in [3.8, 4) is 0 Å². The molecule has 2 N–H and O–H groups in total. The first-order chi connectivity index (χ1) is 22.0. The molecule has 0 aromatic carbocycles. The van der Waals surface area contributed by atoms with Crippen LogP contribution in [0, 0.1) is 17.2 Å². The van der Waals surface area contributed by atoms with E-state index < -0.39 is 6.03 Å². The Morgan fingerprint density at radius 3 is 2.50 bits per heavy atom. The average Bonchev–Trinajstić information content (AvgIpc) is 3.87. The summed E-state index contributed by atoms with van der Waals surface area (Å²) in [6.07, 6.45) is 19.4. The highest BCUT2D eigenvalue weighted by atomic mass is 35.5. The van der Waals surface area contributed by atoms with E-state index in [-0.39, 0.29) is 25.0 Å². The van der Waals surface area contributed by atoms with Crippen LogP contribution in [0.5, 0.6) is 0 Å². The Balaban J connectivity index is 2.57. The van der Waals surface area contributed by atoms with Gasteiger partial charge in [0, 0.05) is 24.3 Å². The molecule has 252 valence electrons. The molecule has 0 aliphatic heterocycles. The van der Waals surface area contributed by atoms with Gasteiger partial charge in [0.25, 0.3) is 0 Å². The second kappa shape index (κ2) is 20.2. The van der Waals surface area contributed by atoms with E-state index in [1.807, 2.05) is 65.0 Å². The zero-order valence-corrected chi connectivity index (χ0v) is 30.7. The fraction of sp³-hybridized carbons (Fsp3) is 0.528. The molecule has 0 aromatic rings. The molecule has 0 bridgehead atoms. The summed E-state index contributed by atoms with van der Waals surface area (Å²) in [5.74, 6) is 0.963. The highest BCUT2D eigenvalue weighted by Crippen LogP contribution is 2.32. The molecular weight excluding hydrogens is 615 g/mol. The lowest BCUT2D eigenvalue weighted by Gasteiger charge is -2.26. The highest BCUT2D eigenvalue weighted by Gasteiger charge is 2.23. The van der Waals surface area contributed by atoms with Crippen molar-refractivity contribution >= 4 is 50.7 Å². The second-order valence-electron chi connectivity index (χ2n) is 11.9. The normalized spacial score (nSPS) is 18.7. The fourth-order valence-corrected chi connectivity index (χ4v) is 5.06. The summed E-state index contributed by atoms with van der Waals surface area (Å²) in [6, 6.07) is -0.458. The zero-order valence-electron chi connectivity index (χ0n) is 28.8. The zero-order chi connectivity index (χ0) is 34.2. The summed E-state index contributed by atoms with van der Waals surface area (Å²) in [4.78, 5) is 38.9. The molecule has 1 saturated carbocycles. The topological polar surface area (TPSA) is 101 Å². The average molecular weight is 669 g/mol. The van der Waals surface area contributed by atoms with Gasteiger partial charge in [-0.05, 0) is 91.6 Å². The molecule has 3 amide bonds. The number of nitrogens with zero attached hydrogens (tertiary/aromatic N) is 4. The van der Waals surface area contributed by atoms with Crippen LogP contribution < -0.4 is 5.32 Å². The number of rotatable bonds is 16. The van der Waals surface area contributed by atoms with Crippen LogP contribution >= 0.6 is 20.8 Å². The molecule has 2 atom stereocenters. The van der Waals surface area contributed by atoms with Gasteiger partial charge in [-0.2, -0.15) is 0 Å². The Kier molecular flexibility index (Phi) is 17.2. The molecular formula is C36H54ClN6O2P. The highest BCUT2D eigenvalue weighted by molar-refractivity contribution is 7.23. The van der Waals surface area contributed by atoms with Crippen LogP contribution in [0.4, 0.5) is 4.79 Å². The van der Waals surface area contributed by atoms with Crippen molar-refractivity contribution in [1.82, 2.24) is 15.1 Å². The van der Waals surface area contributed by atoms with Gasteiger partial charge < -0.3 is 10.3 Å². The van der Waals surface area contributed by atoms with Crippen molar-refractivity contribution in [2.24, 2.45) is 21.8 Å². The first-order valence-corrected chi connectivity index (χ1v) is 17.5. The van der Waals surface area contributed by atoms with E-state index in [2.05, 4.69) is 27.6 Å². The summed E-state index contributed by atoms with van der Waals surface area (Å²) < 4.78 is 0. The minimum atomic E-state index is -0.458. The van der Waals surface area contributed by atoms with Crippen molar-refractivity contribution in [3.05, 3.63) is 69.2 Å². The van der Waals surface area contributed by atoms with Gasteiger partial charge >= 0.3 is 6.03 Å². The predicted octanol–water partition coefficient (Wildman–Crippen LogP) is 8.56. The molecule has 2 rings (SSSR count). The van der Waals surface area contributed by atoms with E-state index in [0.717, 1.165) is 72.3 Å². The van der Waals surface area contributed by atoms with E-state index >= 15 is 0 Å². The number of urea groups is 1. The third kappa shape index (κ3) is 12.6. The molecule has 10 heteroatoms. The van der Waals surface area contributed by atoms with Crippen LogP contribution in [0.2, 0.25) is 0 Å². The van der Waals surface area contributed by atoms with Gasteiger partial charge in [-0.3, -0.25) is 20.0 Å². The molecule has 46 heavy (non-hydrogen) atoms. The standard InChI is InChI=1S/C36H54ClN6O2P/c1-8-13-27(19-30(37)34(46)12-5)22-43(24-44)35(41-36(45)42(7)23-31(38)25(6)10-3)40-33-20-28(11-4)32(21-29(33)14-9-2)39-18-17-26-15-16-26/h11-13,19-21,24-26,38H,8-10,14-18,22-23,46H2,1-7H3,(H,40,41,45)/b27-13-,28-11-,30-19+,34-12+,38-31?,39-32?. The Bertz CT molecular complexity index is 1350. The number of carbonyl (C=O) groups excluding carboxylic acids is 2. The first kappa shape index (κ1) is 39.1. The molecule has 0 radical (unpaired) electrons. The summed E-state index contributed by atoms with van der Waals surface area (Å²) in [7, 11) is 4.25. The maximum Gasteiger partial charge on any atom is 0.324 e. The van der Waals surface area contributed by atoms with E-state index in [1.54, 1.807) is 7.05 Å². The number of amides is 3. The Morgan fingerprint density at radius 2 is 1.93 bits per heavy atom. The van der Waals surface area contributed by atoms with E-state index in [0.29, 0.717) is 22.9 Å². The fourth-order valence-electron chi connectivity index (χ4n) is 4.72. The van der Waals surface area contributed by atoms with Crippen LogP contribution in [0.1, 0.15) is 86.5 Å². The van der Waals surface area contributed by atoms with Gasteiger partial charge in [-0.15, -0.1) is 9.24 Å². The Morgan fingerprint density at radius 1 is 1.22 bits per heavy atom. The Labute approximate surface area is 284 Å². The van der Waals surface area contributed by atoms with Crippen molar-refractivity contribution in [2.45, 2.75) is 86.5 Å². The lowest BCUT2D eigenvalue weighted by Crippen LogP contribution is -2.49. The maximum absolute atomic E-state index is 13.5. The quantitative estimate of drug-likeness (QED) is 0.0566. The molecule has 0 heterocycles. The number of guanidine groups is 1. The number of halogens is 1. The smallest absolute Gasteiger partial charge is 0.322 e. The second-order valence-corrected chi connectivity index (χ2v) is 12.9. The molecule has 2 unspecified atom stereocenters. The van der Waals surface area contributed by atoms with E-state index in [1.165, 1.54) is 22.6 Å². The molecule has 1 fully saturated rings. The van der Waals surface area contributed by atoms with Gasteiger partial charge in [0.2, 0.25) is 12.4 Å². The van der Waals surface area contributed by atoms with E-state index in [4.69, 9.17) is 27.0 Å². The minimum absolute atomic E-state index is 0.0560. The van der Waals surface area contributed by atoms with Gasteiger partial charge in [0.05, 0.1) is 24.5 Å². The third-order valence-electron chi connectivity index (χ3n) is 8.10. The molecule has 2 aliphatic rings. The lowest BCUT2D eigenvalue weighted by molar-refractivity contribution is -0.114. The monoisotopic (exact) mass is 668 g/mol. The summed E-state index contributed by atoms with van der Waals surface area (Å²) >= 11 is 6.56. The van der Waals surface area contributed by atoms with Crippen molar-refractivity contribution < 1.29 is 9.59 Å².